The van der Waals surface area contributed by atoms with Gasteiger partial charge in [0.15, 0.2) is 5.83 Å². The molecule has 7 nitrogen and oxygen atoms in total. The number of aromatic amines is 1. The number of ether oxygens (including phenoxy) is 2. The molecule has 30 heavy (non-hydrogen) atoms. The number of carbonyl (C=O) groups is 2. The van der Waals surface area contributed by atoms with Gasteiger partial charge in [0.2, 0.25) is 0 Å². The van der Waals surface area contributed by atoms with E-state index in [0.29, 0.717) is 11.5 Å². The van der Waals surface area contributed by atoms with Gasteiger partial charge in [-0.3, -0.25) is 9.59 Å². The summed E-state index contributed by atoms with van der Waals surface area (Å²) in [5.74, 6) is -2.75. The molecular weight excluding hydrogens is 391 g/mol. The van der Waals surface area contributed by atoms with Gasteiger partial charge in [0.1, 0.15) is 17.5 Å². The number of aliphatic carboxylic acids is 1. The average Bonchev–Trinajstić information content (AvgIpc) is 3.20. The van der Waals surface area contributed by atoms with Crippen LogP contribution in [0.4, 0.5) is 4.39 Å². The lowest BCUT2D eigenvalue weighted by molar-refractivity contribution is -0.140. The zero-order chi connectivity index (χ0) is 21.8. The summed E-state index contributed by atoms with van der Waals surface area (Å²) in [6, 6.07) is 9.84. The first-order valence-electron chi connectivity index (χ1n) is 9.08. The summed E-state index contributed by atoms with van der Waals surface area (Å²) in [5.41, 5.74) is 2.88. The van der Waals surface area contributed by atoms with Crippen LogP contribution in [0, 0.1) is 0 Å². The van der Waals surface area contributed by atoms with Crippen LogP contribution in [-0.2, 0) is 9.59 Å². The molecule has 0 saturated heterocycles. The molecule has 0 aliphatic heterocycles. The maximum Gasteiger partial charge on any atom is 0.325 e. The van der Waals surface area contributed by atoms with Crippen LogP contribution in [0.1, 0.15) is 12.5 Å². The SMILES string of the molecule is COc1cc(-c2ccc3[nH]ccc3c2)c(OC)cc1/C=C(/F)C(=O)N[C@H](C)C(=O)O. The number of H-pyrrole nitrogens is 1. The number of carboxylic acid groups (broad SMARTS) is 1. The van der Waals surface area contributed by atoms with Gasteiger partial charge in [-0.15, -0.1) is 0 Å². The molecule has 0 radical (unpaired) electrons. The Morgan fingerprint density at radius 2 is 1.87 bits per heavy atom. The van der Waals surface area contributed by atoms with Gasteiger partial charge in [0.05, 0.1) is 14.2 Å². The van der Waals surface area contributed by atoms with Gasteiger partial charge in [0, 0.05) is 22.8 Å². The van der Waals surface area contributed by atoms with Crippen molar-refractivity contribution in [1.29, 1.82) is 0 Å². The van der Waals surface area contributed by atoms with Gasteiger partial charge < -0.3 is 24.9 Å². The van der Waals surface area contributed by atoms with Gasteiger partial charge >= 0.3 is 5.97 Å². The zero-order valence-electron chi connectivity index (χ0n) is 16.7. The highest BCUT2D eigenvalue weighted by Gasteiger charge is 2.19. The van der Waals surface area contributed by atoms with E-state index in [4.69, 9.17) is 14.6 Å². The van der Waals surface area contributed by atoms with E-state index in [0.717, 1.165) is 28.1 Å². The average molecular weight is 412 g/mol. The number of halogens is 1. The third-order valence-electron chi connectivity index (χ3n) is 4.63. The van der Waals surface area contributed by atoms with Crippen molar-refractivity contribution in [3.8, 4) is 22.6 Å². The second-order valence-corrected chi connectivity index (χ2v) is 6.60. The largest absolute Gasteiger partial charge is 0.496 e. The van der Waals surface area contributed by atoms with Gasteiger partial charge in [0.25, 0.3) is 5.91 Å². The number of carboxylic acids is 1. The number of nitrogens with one attached hydrogen (secondary N) is 2. The zero-order valence-corrected chi connectivity index (χ0v) is 16.7. The highest BCUT2D eigenvalue weighted by molar-refractivity contribution is 5.98. The van der Waals surface area contributed by atoms with Crippen LogP contribution in [0.25, 0.3) is 28.1 Å². The van der Waals surface area contributed by atoms with E-state index >= 15 is 0 Å². The first-order chi connectivity index (χ1) is 14.3. The van der Waals surface area contributed by atoms with Gasteiger partial charge in [-0.05, 0) is 54.3 Å². The standard InChI is InChI=1S/C22H21FN2O5/c1-12(22(27)28)25-21(26)17(23)9-15-10-20(30-3)16(11-19(15)29-2)13-4-5-18-14(8-13)6-7-24-18/h4-12,24H,1-3H3,(H,25,26)(H,27,28)/b17-9+/t12-/m1/s1. The molecule has 1 amide bonds. The molecule has 0 aliphatic carbocycles. The van der Waals surface area contributed by atoms with Gasteiger partial charge in [-0.1, -0.05) is 6.07 Å². The number of fused-ring (bicyclic) bond motifs is 1. The highest BCUT2D eigenvalue weighted by Crippen LogP contribution is 2.38. The molecule has 3 N–H and O–H groups in total. The van der Waals surface area contributed by atoms with Gasteiger partial charge in [-0.25, -0.2) is 4.39 Å². The summed E-state index contributed by atoms with van der Waals surface area (Å²) in [4.78, 5) is 25.9. The Hall–Kier alpha value is -3.81. The quantitative estimate of drug-likeness (QED) is 0.513. The molecule has 1 heterocycles. The van der Waals surface area contributed by atoms with Crippen molar-refractivity contribution in [2.75, 3.05) is 14.2 Å². The van der Waals surface area contributed by atoms with E-state index < -0.39 is 23.7 Å². The van der Waals surface area contributed by atoms with Crippen molar-refractivity contribution in [2.24, 2.45) is 0 Å². The fourth-order valence-electron chi connectivity index (χ4n) is 3.01. The molecule has 8 heteroatoms. The smallest absolute Gasteiger partial charge is 0.325 e. The molecular formula is C22H21FN2O5. The Balaban J connectivity index is 2.00. The van der Waals surface area contributed by atoms with Crippen LogP contribution in [0.5, 0.6) is 11.5 Å². The van der Waals surface area contributed by atoms with Crippen LogP contribution in [0.15, 0.2) is 48.4 Å². The summed E-state index contributed by atoms with van der Waals surface area (Å²) in [6.07, 6.45) is 2.82. The normalized spacial score (nSPS) is 12.5. The molecule has 0 bridgehead atoms. The fourth-order valence-corrected chi connectivity index (χ4v) is 3.01. The molecule has 0 saturated carbocycles. The number of hydrogen-bond donors (Lipinski definition) is 3. The monoisotopic (exact) mass is 412 g/mol. The number of carbonyl (C=O) groups excluding carboxylic acids is 1. The predicted molar refractivity (Wildman–Crippen MR) is 111 cm³/mol. The lowest BCUT2D eigenvalue weighted by Crippen LogP contribution is -2.38. The van der Waals surface area contributed by atoms with Crippen LogP contribution >= 0.6 is 0 Å². The topological polar surface area (TPSA) is 101 Å². The Bertz CT molecular complexity index is 1140. The van der Waals surface area contributed by atoms with E-state index in [1.165, 1.54) is 21.1 Å². The minimum atomic E-state index is -1.26. The summed E-state index contributed by atoms with van der Waals surface area (Å²) < 4.78 is 25.2. The lowest BCUT2D eigenvalue weighted by atomic mass is 10.00. The predicted octanol–water partition coefficient (Wildman–Crippen LogP) is 3.75. The second kappa shape index (κ2) is 8.69. The number of hydrogen-bond acceptors (Lipinski definition) is 4. The van der Waals surface area contributed by atoms with Crippen LogP contribution in [0.2, 0.25) is 0 Å². The number of rotatable bonds is 7. The summed E-state index contributed by atoms with van der Waals surface area (Å²) in [7, 11) is 2.92. The number of amides is 1. The lowest BCUT2D eigenvalue weighted by Gasteiger charge is -2.14. The molecule has 2 aromatic carbocycles. The van der Waals surface area contributed by atoms with E-state index in [1.54, 1.807) is 12.1 Å². The Morgan fingerprint density at radius 3 is 2.53 bits per heavy atom. The summed E-state index contributed by atoms with van der Waals surface area (Å²) in [6.45, 7) is 1.24. The number of benzene rings is 2. The fraction of sp³-hybridized carbons (Fsp3) is 0.182. The van der Waals surface area contributed by atoms with E-state index in [9.17, 15) is 14.0 Å². The molecule has 1 atom stereocenters. The first kappa shape index (κ1) is 20.9. The van der Waals surface area contributed by atoms with Crippen molar-refractivity contribution < 1.29 is 28.6 Å². The molecule has 0 aliphatic rings. The molecule has 1 aromatic heterocycles. The molecule has 156 valence electrons. The Labute approximate surface area is 172 Å². The maximum atomic E-state index is 14.4. The van der Waals surface area contributed by atoms with Crippen LogP contribution in [0.3, 0.4) is 0 Å². The summed E-state index contributed by atoms with van der Waals surface area (Å²) >= 11 is 0. The highest BCUT2D eigenvalue weighted by atomic mass is 19.1. The van der Waals surface area contributed by atoms with Crippen molar-refractivity contribution in [3.63, 3.8) is 0 Å². The Morgan fingerprint density at radius 1 is 1.13 bits per heavy atom. The van der Waals surface area contributed by atoms with Crippen molar-refractivity contribution in [1.82, 2.24) is 10.3 Å². The van der Waals surface area contributed by atoms with Crippen molar-refractivity contribution in [3.05, 3.63) is 54.0 Å². The molecule has 0 spiro atoms. The third kappa shape index (κ3) is 4.27. The van der Waals surface area contributed by atoms with Gasteiger partial charge in [-0.2, -0.15) is 0 Å². The number of methoxy groups -OCH3 is 2. The van der Waals surface area contributed by atoms with Crippen LogP contribution < -0.4 is 14.8 Å². The van der Waals surface area contributed by atoms with E-state index in [2.05, 4.69) is 10.3 Å². The Kier molecular flexibility index (Phi) is 6.06. The molecule has 0 unspecified atom stereocenters. The minimum Gasteiger partial charge on any atom is -0.496 e. The minimum absolute atomic E-state index is 0.274. The second-order valence-electron chi connectivity index (χ2n) is 6.60. The van der Waals surface area contributed by atoms with Crippen molar-refractivity contribution in [2.45, 2.75) is 13.0 Å². The summed E-state index contributed by atoms with van der Waals surface area (Å²) in [5, 5.41) is 11.9. The van der Waals surface area contributed by atoms with Crippen LogP contribution in [-0.4, -0.2) is 42.2 Å². The third-order valence-corrected chi connectivity index (χ3v) is 4.63. The number of aromatic nitrogens is 1. The van der Waals surface area contributed by atoms with E-state index in [1.807, 2.05) is 30.5 Å². The molecule has 0 fully saturated rings. The molecule has 3 aromatic rings. The van der Waals surface area contributed by atoms with E-state index in [-0.39, 0.29) is 5.56 Å². The van der Waals surface area contributed by atoms with Crippen molar-refractivity contribution >= 4 is 28.9 Å². The maximum absolute atomic E-state index is 14.4. The first-order valence-corrected chi connectivity index (χ1v) is 9.08. The molecule has 3 rings (SSSR count).